The molecule has 12 aromatic rings. The fraction of sp³-hybridized carbons (Fsp3) is 0.117. The Morgan fingerprint density at radius 1 is 0.367 bits per heavy atom. The summed E-state index contributed by atoms with van der Waals surface area (Å²) in [6.07, 6.45) is 3.79. The second-order valence-electron chi connectivity index (χ2n) is 21.6. The minimum atomic E-state index is -0.860. The van der Waals surface area contributed by atoms with Crippen LogP contribution in [0.5, 0.6) is 5.75 Å². The van der Waals surface area contributed by atoms with Crippen LogP contribution in [0.2, 0.25) is 0 Å². The highest BCUT2D eigenvalue weighted by Crippen LogP contribution is 2.63. The summed E-state index contributed by atoms with van der Waals surface area (Å²) in [6.45, 7) is 6.72. The number of phenols is 1. The average Bonchev–Trinajstić information content (AvgIpc) is 2.43. The molecule has 0 amide bonds. The molecule has 2 aliphatic rings. The number of para-hydroxylation sites is 1. The van der Waals surface area contributed by atoms with E-state index in [0.29, 0.717) is 5.75 Å². The molecule has 1 atom stereocenters. The molecule has 0 fully saturated rings. The third-order valence-electron chi connectivity index (χ3n) is 17.6. The number of fused-ring (bicyclic) bond motifs is 8. The Hall–Kier alpha value is -9.24. The quantitative estimate of drug-likeness (QED) is 0.132. The van der Waals surface area contributed by atoms with Crippen LogP contribution in [0, 0.1) is 0 Å². The first-order chi connectivity index (χ1) is 39.0. The van der Waals surface area contributed by atoms with Gasteiger partial charge in [0.05, 0.1) is 16.5 Å². The summed E-state index contributed by atoms with van der Waals surface area (Å²) >= 11 is 0. The summed E-state index contributed by atoms with van der Waals surface area (Å²) in [4.78, 5) is 2.47. The minimum absolute atomic E-state index is 0.332. The molecule has 0 spiro atoms. The van der Waals surface area contributed by atoms with Crippen LogP contribution in [0.4, 0.5) is 17.1 Å². The monoisotopic (exact) mass is 1020 g/mol. The molecule has 0 aliphatic heterocycles. The number of hydrogen-bond acceptors (Lipinski definition) is 2. The van der Waals surface area contributed by atoms with Gasteiger partial charge in [0.25, 0.3) is 0 Å². The maximum atomic E-state index is 13.1. The largest absolute Gasteiger partial charge is 0.507 e. The summed E-state index contributed by atoms with van der Waals surface area (Å²) in [5.74, 6) is 0.332. The van der Waals surface area contributed by atoms with Gasteiger partial charge in [0.15, 0.2) is 0 Å². The Bertz CT molecular complexity index is 4270. The topological polar surface area (TPSA) is 23.5 Å². The van der Waals surface area contributed by atoms with E-state index >= 15 is 0 Å². The van der Waals surface area contributed by atoms with E-state index in [1.54, 1.807) is 0 Å². The first-order valence-electron chi connectivity index (χ1n) is 28.3. The summed E-state index contributed by atoms with van der Waals surface area (Å²) in [6, 6.07) is 96.9. The molecule has 0 heterocycles. The van der Waals surface area contributed by atoms with Gasteiger partial charge in [0, 0.05) is 27.9 Å². The van der Waals surface area contributed by atoms with Crippen molar-refractivity contribution in [3.05, 3.63) is 322 Å². The van der Waals surface area contributed by atoms with Crippen LogP contribution in [-0.2, 0) is 30.1 Å². The number of nitrogens with zero attached hydrogens (tertiary/aromatic N) is 1. The van der Waals surface area contributed by atoms with E-state index < -0.39 is 10.8 Å². The average molecular weight is 1020 g/mol. The molecule has 79 heavy (non-hydrogen) atoms. The van der Waals surface area contributed by atoms with Gasteiger partial charge in [-0.2, -0.15) is 0 Å². The summed E-state index contributed by atoms with van der Waals surface area (Å²) < 4.78 is 0. The maximum absolute atomic E-state index is 13.1. The van der Waals surface area contributed by atoms with Crippen LogP contribution in [0.1, 0.15) is 88.4 Å². The minimum Gasteiger partial charge on any atom is -0.507 e. The molecular weight excluding hydrogens is 955 g/mol. The first kappa shape index (κ1) is 48.2. The standard InChI is InChI=1S/C77H61NO/c1-4-23-63-60-44-40-51(5-2)48-54(60)42-46-68(63)77(71-47-43-55-49-52(6-3)41-45-62(55)75(71)79)67-36-19-16-32-64(67)73-61(34-21-37-69(73)77)53-24-20-31-59(50-53)78(58-29-14-9-15-30-58)72-39-22-38-70-74(72)65-33-17-18-35-66(65)76(70,56-25-10-7-11-26-56)57-27-12-8-13-28-57/h7-22,24-50,79H,4-6,23H2,1-3H3. The summed E-state index contributed by atoms with van der Waals surface area (Å²) in [5.41, 5.74) is 22.4. The number of hydrogen-bond donors (Lipinski definition) is 1. The summed E-state index contributed by atoms with van der Waals surface area (Å²) in [5, 5.41) is 17.6. The molecule has 380 valence electrons. The Balaban J connectivity index is 1.02. The van der Waals surface area contributed by atoms with Gasteiger partial charge in [-0.25, -0.2) is 0 Å². The lowest BCUT2D eigenvalue weighted by Crippen LogP contribution is -2.30. The van der Waals surface area contributed by atoms with E-state index in [9.17, 15) is 5.11 Å². The van der Waals surface area contributed by atoms with Gasteiger partial charge in [-0.05, 0) is 149 Å². The second-order valence-corrected chi connectivity index (χ2v) is 21.6. The third-order valence-corrected chi connectivity index (χ3v) is 17.6. The first-order valence-corrected chi connectivity index (χ1v) is 28.3. The van der Waals surface area contributed by atoms with Crippen molar-refractivity contribution in [2.45, 2.75) is 57.3 Å². The normalized spacial score (nSPS) is 14.7. The Morgan fingerprint density at radius 2 is 0.873 bits per heavy atom. The molecule has 2 heteroatoms. The van der Waals surface area contributed by atoms with E-state index in [1.165, 1.54) is 88.7 Å². The fourth-order valence-corrected chi connectivity index (χ4v) is 14.2. The number of aryl methyl sites for hydroxylation is 3. The zero-order valence-electron chi connectivity index (χ0n) is 45.0. The van der Waals surface area contributed by atoms with Crippen LogP contribution in [0.15, 0.2) is 261 Å². The van der Waals surface area contributed by atoms with E-state index in [-0.39, 0.29) is 0 Å². The predicted octanol–water partition coefficient (Wildman–Crippen LogP) is 19.6. The van der Waals surface area contributed by atoms with E-state index in [2.05, 4.69) is 287 Å². The van der Waals surface area contributed by atoms with E-state index in [0.717, 1.165) is 70.2 Å². The zero-order valence-corrected chi connectivity index (χ0v) is 45.0. The molecule has 0 aromatic heterocycles. The van der Waals surface area contributed by atoms with E-state index in [4.69, 9.17) is 0 Å². The van der Waals surface area contributed by atoms with Crippen LogP contribution in [-0.4, -0.2) is 5.11 Å². The van der Waals surface area contributed by atoms with Crippen molar-refractivity contribution in [3.63, 3.8) is 0 Å². The van der Waals surface area contributed by atoms with Gasteiger partial charge in [-0.1, -0.05) is 258 Å². The number of aromatic hydroxyl groups is 1. The molecule has 14 rings (SSSR count). The summed E-state index contributed by atoms with van der Waals surface area (Å²) in [7, 11) is 0. The lowest BCUT2D eigenvalue weighted by atomic mass is 9.64. The van der Waals surface area contributed by atoms with Crippen molar-refractivity contribution in [2.75, 3.05) is 4.90 Å². The third kappa shape index (κ3) is 7.24. The molecule has 0 saturated carbocycles. The molecule has 1 unspecified atom stereocenters. The smallest absolute Gasteiger partial charge is 0.128 e. The molecular formula is C77H61NO. The number of rotatable bonds is 12. The Kier molecular flexibility index (Phi) is 11.8. The van der Waals surface area contributed by atoms with Crippen molar-refractivity contribution in [1.82, 2.24) is 0 Å². The lowest BCUT2D eigenvalue weighted by Gasteiger charge is -2.37. The van der Waals surface area contributed by atoms with Crippen LogP contribution in [0.3, 0.4) is 0 Å². The number of anilines is 3. The Labute approximate surface area is 464 Å². The van der Waals surface area contributed by atoms with Gasteiger partial charge < -0.3 is 10.0 Å². The van der Waals surface area contributed by atoms with E-state index in [1.807, 2.05) is 0 Å². The van der Waals surface area contributed by atoms with Gasteiger partial charge in [-0.3, -0.25) is 0 Å². The second kappa shape index (κ2) is 19.3. The van der Waals surface area contributed by atoms with Crippen molar-refractivity contribution >= 4 is 38.6 Å². The van der Waals surface area contributed by atoms with Crippen molar-refractivity contribution < 1.29 is 5.11 Å². The SMILES string of the molecule is CCCc1c(C2(c3ccc4cc(CC)ccc4c3O)c3ccccc3-c3c(-c4cccc(N(c5ccccc5)c5cccc6c5-c5ccccc5C6(c5ccccc5)c5ccccc5)c4)cccc32)ccc2cc(CC)ccc12. The maximum Gasteiger partial charge on any atom is 0.128 e. The predicted molar refractivity (Wildman–Crippen MR) is 331 cm³/mol. The van der Waals surface area contributed by atoms with Crippen LogP contribution in [0.25, 0.3) is 54.9 Å². The van der Waals surface area contributed by atoms with Crippen molar-refractivity contribution in [1.29, 1.82) is 0 Å². The van der Waals surface area contributed by atoms with Crippen LogP contribution >= 0.6 is 0 Å². The molecule has 0 saturated heterocycles. The molecule has 0 radical (unpaired) electrons. The highest BCUT2D eigenvalue weighted by atomic mass is 16.3. The molecule has 12 aromatic carbocycles. The molecule has 0 bridgehead atoms. The van der Waals surface area contributed by atoms with Gasteiger partial charge in [-0.15, -0.1) is 0 Å². The van der Waals surface area contributed by atoms with Gasteiger partial charge >= 0.3 is 0 Å². The highest BCUT2D eigenvalue weighted by molar-refractivity contribution is 6.02. The van der Waals surface area contributed by atoms with Gasteiger partial charge in [0.1, 0.15) is 5.75 Å². The van der Waals surface area contributed by atoms with Crippen molar-refractivity contribution in [3.8, 4) is 39.1 Å². The number of phenolic OH excluding ortho intramolecular Hbond substituents is 1. The van der Waals surface area contributed by atoms with Crippen molar-refractivity contribution in [2.24, 2.45) is 0 Å². The van der Waals surface area contributed by atoms with Gasteiger partial charge in [0.2, 0.25) is 0 Å². The highest BCUT2D eigenvalue weighted by Gasteiger charge is 2.50. The Morgan fingerprint density at radius 3 is 1.53 bits per heavy atom. The lowest BCUT2D eigenvalue weighted by molar-refractivity contribution is 0.467. The molecule has 2 nitrogen and oxygen atoms in total. The molecule has 2 aliphatic carbocycles. The fourth-order valence-electron chi connectivity index (χ4n) is 14.2. The zero-order chi connectivity index (χ0) is 53.2. The molecule has 1 N–H and O–H groups in total. The number of benzene rings is 12. The van der Waals surface area contributed by atoms with Crippen LogP contribution < -0.4 is 4.90 Å².